The standard InChI is InChI=1S/C21H22N6O/c1-13-17-18(14-5-7-15(8-6-14)26-10-9-24-12-26)16(11-22)19(23)28-20(17)27(25-13)21(2,3)4/h5-10,12,18H,23H2,1-4H3. The fourth-order valence-electron chi connectivity index (χ4n) is 3.55. The molecule has 0 radical (unpaired) electrons. The monoisotopic (exact) mass is 374 g/mol. The first-order valence-corrected chi connectivity index (χ1v) is 9.07. The van der Waals surface area contributed by atoms with E-state index in [1.807, 2.05) is 46.6 Å². The maximum Gasteiger partial charge on any atom is 0.224 e. The highest BCUT2D eigenvalue weighted by atomic mass is 16.5. The Morgan fingerprint density at radius 2 is 1.93 bits per heavy atom. The molecule has 1 unspecified atom stereocenters. The molecule has 1 atom stereocenters. The number of ether oxygens (including phenoxy) is 1. The van der Waals surface area contributed by atoms with E-state index in [0.29, 0.717) is 11.5 Å². The summed E-state index contributed by atoms with van der Waals surface area (Å²) in [6, 6.07) is 10.3. The molecule has 7 nitrogen and oxygen atoms in total. The number of benzene rings is 1. The topological polar surface area (TPSA) is 94.7 Å². The van der Waals surface area contributed by atoms with Crippen molar-refractivity contribution in [2.75, 3.05) is 0 Å². The van der Waals surface area contributed by atoms with Gasteiger partial charge in [-0.2, -0.15) is 10.4 Å². The van der Waals surface area contributed by atoms with Crippen LogP contribution in [0.15, 0.2) is 54.4 Å². The molecule has 7 heteroatoms. The molecule has 2 aromatic heterocycles. The number of rotatable bonds is 2. The van der Waals surface area contributed by atoms with Crippen LogP contribution in [0, 0.1) is 18.3 Å². The molecule has 0 spiro atoms. The number of nitrogens with zero attached hydrogens (tertiary/aromatic N) is 5. The second-order valence-corrected chi connectivity index (χ2v) is 7.87. The average Bonchev–Trinajstić information content (AvgIpc) is 3.29. The number of nitrogens with two attached hydrogens (primary N) is 1. The van der Waals surface area contributed by atoms with Crippen LogP contribution in [-0.2, 0) is 5.54 Å². The highest BCUT2D eigenvalue weighted by Gasteiger charge is 2.37. The molecule has 0 saturated carbocycles. The van der Waals surface area contributed by atoms with Crippen LogP contribution >= 0.6 is 0 Å². The van der Waals surface area contributed by atoms with E-state index in [-0.39, 0.29) is 17.3 Å². The largest absolute Gasteiger partial charge is 0.422 e. The normalized spacial score (nSPS) is 16.5. The molecule has 0 bridgehead atoms. The van der Waals surface area contributed by atoms with Crippen molar-refractivity contribution in [3.05, 3.63) is 71.3 Å². The van der Waals surface area contributed by atoms with Crippen LogP contribution in [0.1, 0.15) is 43.5 Å². The molecule has 1 aliphatic rings. The van der Waals surface area contributed by atoms with Gasteiger partial charge in [0.2, 0.25) is 11.8 Å². The third-order valence-electron chi connectivity index (χ3n) is 4.90. The summed E-state index contributed by atoms with van der Waals surface area (Å²) in [4.78, 5) is 4.08. The number of aromatic nitrogens is 4. The van der Waals surface area contributed by atoms with Crippen LogP contribution in [0.2, 0.25) is 0 Å². The van der Waals surface area contributed by atoms with Gasteiger partial charge in [-0.05, 0) is 45.4 Å². The highest BCUT2D eigenvalue weighted by molar-refractivity contribution is 5.56. The van der Waals surface area contributed by atoms with Gasteiger partial charge in [0, 0.05) is 18.1 Å². The van der Waals surface area contributed by atoms with E-state index in [1.54, 1.807) is 12.5 Å². The van der Waals surface area contributed by atoms with Gasteiger partial charge in [0.25, 0.3) is 0 Å². The van der Waals surface area contributed by atoms with Gasteiger partial charge in [0.05, 0.1) is 29.0 Å². The highest BCUT2D eigenvalue weighted by Crippen LogP contribution is 2.45. The summed E-state index contributed by atoms with van der Waals surface area (Å²) in [5.74, 6) is 0.413. The molecule has 3 heterocycles. The molecule has 0 aliphatic carbocycles. The van der Waals surface area contributed by atoms with E-state index < -0.39 is 0 Å². The van der Waals surface area contributed by atoms with Gasteiger partial charge in [0.15, 0.2) is 0 Å². The third-order valence-corrected chi connectivity index (χ3v) is 4.90. The molecule has 0 saturated heterocycles. The van der Waals surface area contributed by atoms with Gasteiger partial charge in [-0.1, -0.05) is 12.1 Å². The van der Waals surface area contributed by atoms with Gasteiger partial charge in [-0.25, -0.2) is 9.67 Å². The number of aryl methyl sites for hydroxylation is 1. The Labute approximate surface area is 163 Å². The number of hydrogen-bond donors (Lipinski definition) is 1. The molecule has 3 aromatic rings. The first-order chi connectivity index (χ1) is 13.3. The predicted molar refractivity (Wildman–Crippen MR) is 105 cm³/mol. The summed E-state index contributed by atoms with van der Waals surface area (Å²) in [6.07, 6.45) is 5.37. The van der Waals surface area contributed by atoms with Crippen molar-refractivity contribution in [1.82, 2.24) is 19.3 Å². The Bertz CT molecular complexity index is 1090. The van der Waals surface area contributed by atoms with Crippen LogP contribution in [0.4, 0.5) is 0 Å². The Morgan fingerprint density at radius 3 is 2.50 bits per heavy atom. The minimum absolute atomic E-state index is 0.129. The Morgan fingerprint density at radius 1 is 1.21 bits per heavy atom. The lowest BCUT2D eigenvalue weighted by Crippen LogP contribution is -2.27. The zero-order valence-electron chi connectivity index (χ0n) is 16.3. The first kappa shape index (κ1) is 17.9. The van der Waals surface area contributed by atoms with Crippen LogP contribution in [-0.4, -0.2) is 19.3 Å². The number of allylic oxidation sites excluding steroid dienone is 1. The minimum atomic E-state index is -0.318. The molecule has 4 rings (SSSR count). The summed E-state index contributed by atoms with van der Waals surface area (Å²) >= 11 is 0. The maximum atomic E-state index is 9.77. The quantitative estimate of drug-likeness (QED) is 0.742. The molecule has 0 amide bonds. The van der Waals surface area contributed by atoms with Crippen molar-refractivity contribution in [3.8, 4) is 17.6 Å². The Balaban J connectivity index is 1.87. The van der Waals surface area contributed by atoms with Crippen LogP contribution in [0.3, 0.4) is 0 Å². The summed E-state index contributed by atoms with van der Waals surface area (Å²) in [6.45, 7) is 8.10. The van der Waals surface area contributed by atoms with Crippen molar-refractivity contribution in [3.63, 3.8) is 0 Å². The first-order valence-electron chi connectivity index (χ1n) is 9.07. The smallest absolute Gasteiger partial charge is 0.224 e. The number of imidazole rings is 1. The third kappa shape index (κ3) is 2.74. The second kappa shape index (κ2) is 6.27. The minimum Gasteiger partial charge on any atom is -0.422 e. The van der Waals surface area contributed by atoms with Crippen molar-refractivity contribution < 1.29 is 4.74 Å². The molecule has 142 valence electrons. The summed E-state index contributed by atoms with van der Waals surface area (Å²) in [5, 5.41) is 14.5. The SMILES string of the molecule is Cc1nn(C(C)(C)C)c2c1C(c1ccc(-n3ccnc3)cc1)C(C#N)=C(N)O2. The van der Waals surface area contributed by atoms with Gasteiger partial charge in [-0.3, -0.25) is 0 Å². The number of nitriles is 1. The lowest BCUT2D eigenvalue weighted by atomic mass is 9.84. The average molecular weight is 374 g/mol. The van der Waals surface area contributed by atoms with Crippen LogP contribution in [0.5, 0.6) is 5.88 Å². The van der Waals surface area contributed by atoms with Crippen molar-refractivity contribution in [1.29, 1.82) is 5.26 Å². The van der Waals surface area contributed by atoms with Crippen molar-refractivity contribution >= 4 is 0 Å². The fourth-order valence-corrected chi connectivity index (χ4v) is 3.55. The van der Waals surface area contributed by atoms with Gasteiger partial charge in [0.1, 0.15) is 11.6 Å². The van der Waals surface area contributed by atoms with E-state index in [4.69, 9.17) is 10.5 Å². The van der Waals surface area contributed by atoms with Gasteiger partial charge < -0.3 is 15.0 Å². The van der Waals surface area contributed by atoms with Crippen LogP contribution in [0.25, 0.3) is 5.69 Å². The Kier molecular flexibility index (Phi) is 4.00. The molecule has 1 aromatic carbocycles. The van der Waals surface area contributed by atoms with Gasteiger partial charge in [-0.15, -0.1) is 0 Å². The number of hydrogen-bond acceptors (Lipinski definition) is 5. The Hall–Kier alpha value is -3.53. The summed E-state index contributed by atoms with van der Waals surface area (Å²) < 4.78 is 9.64. The van der Waals surface area contributed by atoms with E-state index in [1.165, 1.54) is 0 Å². The van der Waals surface area contributed by atoms with Crippen molar-refractivity contribution in [2.24, 2.45) is 5.73 Å². The zero-order chi connectivity index (χ0) is 20.1. The van der Waals surface area contributed by atoms with E-state index >= 15 is 0 Å². The lowest BCUT2D eigenvalue weighted by Gasteiger charge is -2.28. The van der Waals surface area contributed by atoms with E-state index in [2.05, 4.69) is 36.9 Å². The lowest BCUT2D eigenvalue weighted by molar-refractivity contribution is 0.277. The molecule has 28 heavy (non-hydrogen) atoms. The van der Waals surface area contributed by atoms with E-state index in [0.717, 1.165) is 22.5 Å². The predicted octanol–water partition coefficient (Wildman–Crippen LogP) is 3.35. The molecule has 1 aliphatic heterocycles. The summed E-state index contributed by atoms with van der Waals surface area (Å²) in [7, 11) is 0. The van der Waals surface area contributed by atoms with Gasteiger partial charge >= 0.3 is 0 Å². The fraction of sp³-hybridized carbons (Fsp3) is 0.286. The molecular weight excluding hydrogens is 352 g/mol. The van der Waals surface area contributed by atoms with Crippen molar-refractivity contribution in [2.45, 2.75) is 39.2 Å². The number of fused-ring (bicyclic) bond motifs is 1. The molecular formula is C21H22N6O. The van der Waals surface area contributed by atoms with E-state index in [9.17, 15) is 5.26 Å². The molecule has 2 N–H and O–H groups in total. The second-order valence-electron chi connectivity index (χ2n) is 7.87. The van der Waals surface area contributed by atoms with Crippen LogP contribution < -0.4 is 10.5 Å². The maximum absolute atomic E-state index is 9.77. The summed E-state index contributed by atoms with van der Waals surface area (Å²) in [5.41, 5.74) is 9.93. The zero-order valence-corrected chi connectivity index (χ0v) is 16.3. The molecule has 0 fully saturated rings.